The fourth-order valence-corrected chi connectivity index (χ4v) is 2.43. The fraction of sp³-hybridized carbons (Fsp3) is 0.125. The maximum absolute atomic E-state index is 5.43. The number of fused-ring (bicyclic) bond motifs is 1. The molecule has 0 bridgehead atoms. The molecule has 1 aromatic heterocycles. The minimum Gasteiger partial charge on any atom is -0.372 e. The number of hydrogen-bond acceptors (Lipinski definition) is 3. The van der Waals surface area contributed by atoms with E-state index < -0.39 is 0 Å². The molecule has 0 atom stereocenters. The van der Waals surface area contributed by atoms with Crippen LogP contribution in [0.15, 0.2) is 48.5 Å². The number of hydrogen-bond donors (Lipinski definition) is 1. The SMILES string of the molecule is c1ccc(-c2nc(-c3ccc4c(c3)COC4)n[nH]2)cc1. The normalized spacial score (nSPS) is 13.4. The Labute approximate surface area is 116 Å². The van der Waals surface area contributed by atoms with Gasteiger partial charge in [-0.3, -0.25) is 5.10 Å². The molecule has 4 nitrogen and oxygen atoms in total. The van der Waals surface area contributed by atoms with Crippen molar-refractivity contribution in [3.05, 3.63) is 59.7 Å². The van der Waals surface area contributed by atoms with Crippen molar-refractivity contribution in [2.24, 2.45) is 0 Å². The van der Waals surface area contributed by atoms with Gasteiger partial charge in [0, 0.05) is 11.1 Å². The van der Waals surface area contributed by atoms with Crippen molar-refractivity contribution < 1.29 is 4.74 Å². The van der Waals surface area contributed by atoms with Gasteiger partial charge in [0.2, 0.25) is 0 Å². The maximum atomic E-state index is 5.43. The molecule has 0 aliphatic carbocycles. The van der Waals surface area contributed by atoms with Crippen LogP contribution in [0.2, 0.25) is 0 Å². The van der Waals surface area contributed by atoms with Crippen molar-refractivity contribution in [3.63, 3.8) is 0 Å². The molecule has 4 rings (SSSR count). The van der Waals surface area contributed by atoms with Crippen LogP contribution >= 0.6 is 0 Å². The van der Waals surface area contributed by atoms with Crippen molar-refractivity contribution in [1.82, 2.24) is 15.2 Å². The molecule has 4 heteroatoms. The molecule has 1 aliphatic heterocycles. The molecule has 0 saturated heterocycles. The summed E-state index contributed by atoms with van der Waals surface area (Å²) >= 11 is 0. The average molecular weight is 263 g/mol. The lowest BCUT2D eigenvalue weighted by Gasteiger charge is -1.99. The molecular weight excluding hydrogens is 250 g/mol. The van der Waals surface area contributed by atoms with Gasteiger partial charge in [-0.05, 0) is 17.2 Å². The Morgan fingerprint density at radius 2 is 1.75 bits per heavy atom. The summed E-state index contributed by atoms with van der Waals surface area (Å²) in [5.74, 6) is 1.51. The lowest BCUT2D eigenvalue weighted by Crippen LogP contribution is -1.86. The number of benzene rings is 2. The molecule has 20 heavy (non-hydrogen) atoms. The quantitative estimate of drug-likeness (QED) is 0.772. The molecule has 0 unspecified atom stereocenters. The minimum atomic E-state index is 0.680. The van der Waals surface area contributed by atoms with Crippen molar-refractivity contribution in [2.75, 3.05) is 0 Å². The molecule has 0 radical (unpaired) electrons. The van der Waals surface area contributed by atoms with Crippen LogP contribution in [0, 0.1) is 0 Å². The molecule has 0 fully saturated rings. The van der Waals surface area contributed by atoms with E-state index in [1.54, 1.807) is 0 Å². The van der Waals surface area contributed by atoms with Gasteiger partial charge in [0.05, 0.1) is 13.2 Å². The summed E-state index contributed by atoms with van der Waals surface area (Å²) in [5.41, 5.74) is 4.55. The van der Waals surface area contributed by atoms with E-state index in [4.69, 9.17) is 4.74 Å². The second-order valence-electron chi connectivity index (χ2n) is 4.85. The van der Waals surface area contributed by atoms with E-state index in [2.05, 4.69) is 27.3 Å². The van der Waals surface area contributed by atoms with Crippen molar-refractivity contribution in [1.29, 1.82) is 0 Å². The summed E-state index contributed by atoms with van der Waals surface area (Å²) < 4.78 is 5.43. The van der Waals surface area contributed by atoms with Gasteiger partial charge in [0.15, 0.2) is 11.6 Å². The number of ether oxygens (including phenoxy) is 1. The van der Waals surface area contributed by atoms with Crippen LogP contribution in [0.5, 0.6) is 0 Å². The number of nitrogens with zero attached hydrogens (tertiary/aromatic N) is 2. The number of rotatable bonds is 2. The van der Waals surface area contributed by atoms with E-state index in [1.807, 2.05) is 36.4 Å². The molecule has 1 aliphatic rings. The van der Waals surface area contributed by atoms with E-state index in [-0.39, 0.29) is 0 Å². The molecule has 0 saturated carbocycles. The van der Waals surface area contributed by atoms with Gasteiger partial charge in [-0.2, -0.15) is 5.10 Å². The maximum Gasteiger partial charge on any atom is 0.181 e. The average Bonchev–Trinajstić information content (AvgIpc) is 3.16. The Kier molecular flexibility index (Phi) is 2.60. The van der Waals surface area contributed by atoms with E-state index in [0.717, 1.165) is 22.8 Å². The zero-order valence-electron chi connectivity index (χ0n) is 10.8. The standard InChI is InChI=1S/C16H13N3O/c1-2-4-11(5-3-1)15-17-16(19-18-15)12-6-7-13-9-20-10-14(13)8-12/h1-8H,9-10H2,(H,17,18,19). The summed E-state index contributed by atoms with van der Waals surface area (Å²) in [7, 11) is 0. The summed E-state index contributed by atoms with van der Waals surface area (Å²) in [6, 6.07) is 16.2. The predicted molar refractivity (Wildman–Crippen MR) is 75.7 cm³/mol. The zero-order chi connectivity index (χ0) is 13.4. The first-order valence-electron chi connectivity index (χ1n) is 6.58. The number of aromatic amines is 1. The van der Waals surface area contributed by atoms with Crippen LogP contribution in [-0.4, -0.2) is 15.2 Å². The number of nitrogens with one attached hydrogen (secondary N) is 1. The Balaban J connectivity index is 1.72. The van der Waals surface area contributed by atoms with Crippen LogP contribution in [0.4, 0.5) is 0 Å². The topological polar surface area (TPSA) is 50.8 Å². The molecular formula is C16H13N3O. The second-order valence-corrected chi connectivity index (χ2v) is 4.85. The second kappa shape index (κ2) is 4.58. The van der Waals surface area contributed by atoms with Crippen molar-refractivity contribution in [3.8, 4) is 22.8 Å². The monoisotopic (exact) mass is 263 g/mol. The third kappa shape index (κ3) is 1.90. The molecule has 0 spiro atoms. The number of H-pyrrole nitrogens is 1. The van der Waals surface area contributed by atoms with Crippen molar-refractivity contribution >= 4 is 0 Å². The Morgan fingerprint density at radius 3 is 2.65 bits per heavy atom. The van der Waals surface area contributed by atoms with Gasteiger partial charge in [0.1, 0.15) is 0 Å². The van der Waals surface area contributed by atoms with E-state index in [0.29, 0.717) is 13.2 Å². The molecule has 2 aromatic carbocycles. The van der Waals surface area contributed by atoms with Gasteiger partial charge in [-0.25, -0.2) is 4.98 Å². The Bertz CT molecular complexity index is 749. The highest BCUT2D eigenvalue weighted by molar-refractivity contribution is 5.62. The van der Waals surface area contributed by atoms with E-state index in [1.165, 1.54) is 11.1 Å². The first-order chi connectivity index (χ1) is 9.90. The van der Waals surface area contributed by atoms with Crippen LogP contribution in [0.1, 0.15) is 11.1 Å². The Morgan fingerprint density at radius 1 is 0.900 bits per heavy atom. The highest BCUT2D eigenvalue weighted by Gasteiger charge is 2.14. The number of aromatic nitrogens is 3. The summed E-state index contributed by atoms with van der Waals surface area (Å²) in [6.45, 7) is 1.39. The zero-order valence-corrected chi connectivity index (χ0v) is 10.8. The first kappa shape index (κ1) is 11.4. The smallest absolute Gasteiger partial charge is 0.181 e. The molecule has 0 amide bonds. The summed E-state index contributed by atoms with van der Waals surface area (Å²) in [5, 5.41) is 7.31. The molecule has 3 aromatic rings. The minimum absolute atomic E-state index is 0.680. The largest absolute Gasteiger partial charge is 0.372 e. The Hall–Kier alpha value is -2.46. The molecule has 1 N–H and O–H groups in total. The van der Waals surface area contributed by atoms with E-state index >= 15 is 0 Å². The summed E-state index contributed by atoms with van der Waals surface area (Å²) in [4.78, 5) is 4.57. The molecule has 2 heterocycles. The van der Waals surface area contributed by atoms with E-state index in [9.17, 15) is 0 Å². The van der Waals surface area contributed by atoms with Gasteiger partial charge >= 0.3 is 0 Å². The van der Waals surface area contributed by atoms with Crippen LogP contribution in [0.3, 0.4) is 0 Å². The highest BCUT2D eigenvalue weighted by Crippen LogP contribution is 2.26. The van der Waals surface area contributed by atoms with Gasteiger partial charge < -0.3 is 4.74 Å². The predicted octanol–water partition coefficient (Wildman–Crippen LogP) is 3.17. The van der Waals surface area contributed by atoms with Crippen LogP contribution in [0.25, 0.3) is 22.8 Å². The third-order valence-corrected chi connectivity index (χ3v) is 3.51. The van der Waals surface area contributed by atoms with Gasteiger partial charge in [0.25, 0.3) is 0 Å². The van der Waals surface area contributed by atoms with Crippen molar-refractivity contribution in [2.45, 2.75) is 13.2 Å². The molecule has 98 valence electrons. The van der Waals surface area contributed by atoms with Gasteiger partial charge in [-0.15, -0.1) is 0 Å². The van der Waals surface area contributed by atoms with Gasteiger partial charge in [-0.1, -0.05) is 42.5 Å². The first-order valence-corrected chi connectivity index (χ1v) is 6.58. The lowest BCUT2D eigenvalue weighted by molar-refractivity contribution is 0.134. The lowest BCUT2D eigenvalue weighted by atomic mass is 10.1. The third-order valence-electron chi connectivity index (χ3n) is 3.51. The van der Waals surface area contributed by atoms with Crippen LogP contribution in [-0.2, 0) is 18.0 Å². The highest BCUT2D eigenvalue weighted by atomic mass is 16.5. The fourth-order valence-electron chi connectivity index (χ4n) is 2.43. The van der Waals surface area contributed by atoms with Crippen LogP contribution < -0.4 is 0 Å². The summed E-state index contributed by atoms with van der Waals surface area (Å²) in [6.07, 6.45) is 0.